The fraction of sp³-hybridized carbons (Fsp3) is 0.444. The van der Waals surface area contributed by atoms with Gasteiger partial charge in [0.05, 0.1) is 20.6 Å². The summed E-state index contributed by atoms with van der Waals surface area (Å²) in [7, 11) is 4.38. The van der Waals surface area contributed by atoms with Crippen molar-refractivity contribution >= 4 is 11.6 Å². The van der Waals surface area contributed by atoms with E-state index in [1.807, 2.05) is 54.6 Å². The van der Waals surface area contributed by atoms with Crippen LogP contribution < -0.4 is 0 Å². The van der Waals surface area contributed by atoms with E-state index in [1.165, 1.54) is 12.0 Å². The molecular weight excluding hydrogens is 420 g/mol. The zero-order valence-corrected chi connectivity index (χ0v) is 19.9. The quantitative estimate of drug-likeness (QED) is 0.428. The van der Waals surface area contributed by atoms with Gasteiger partial charge >= 0.3 is 0 Å². The summed E-state index contributed by atoms with van der Waals surface area (Å²) in [5.74, 6) is 0.961. The third-order valence-electron chi connectivity index (χ3n) is 6.84. The summed E-state index contributed by atoms with van der Waals surface area (Å²) in [6.07, 6.45) is 6.49. The van der Waals surface area contributed by atoms with Crippen LogP contribution in [0.1, 0.15) is 54.7 Å². The lowest BCUT2D eigenvalue weighted by Crippen LogP contribution is -2.40. The van der Waals surface area contributed by atoms with Crippen molar-refractivity contribution in [1.82, 2.24) is 5.16 Å². The summed E-state index contributed by atoms with van der Waals surface area (Å²) in [5, 5.41) is 17.2. The Bertz CT molecular complexity index is 1010. The molecule has 0 saturated heterocycles. The maximum Gasteiger partial charge on any atom is 0.191 e. The van der Waals surface area contributed by atoms with Crippen molar-refractivity contribution in [3.05, 3.63) is 88.3 Å². The van der Waals surface area contributed by atoms with Gasteiger partial charge < -0.3 is 14.1 Å². The molecular formula is C27H34ClN2O2+. The standard InChI is InChI=1S/C27H34ClN2O2/c1-30(2,17-16-21-10-9-15-24(28)18-21)20-25-19-26(29-32-25)27(31,22-11-5-3-6-12-22)23-13-7-4-8-14-23/h3,5-6,9-12,15,18-19,23,31H,4,7-8,13-14,16-17,20H2,1-2H3/q+1. The molecule has 1 unspecified atom stereocenters. The van der Waals surface area contributed by atoms with Gasteiger partial charge in [-0.25, -0.2) is 0 Å². The number of quaternary nitrogens is 1. The van der Waals surface area contributed by atoms with Crippen molar-refractivity contribution in [3.8, 4) is 0 Å². The number of hydrogen-bond acceptors (Lipinski definition) is 3. The monoisotopic (exact) mass is 453 g/mol. The van der Waals surface area contributed by atoms with Crippen molar-refractivity contribution in [1.29, 1.82) is 0 Å². The fourth-order valence-corrected chi connectivity index (χ4v) is 5.21. The first-order chi connectivity index (χ1) is 15.4. The molecule has 170 valence electrons. The molecule has 4 nitrogen and oxygen atoms in total. The predicted molar refractivity (Wildman–Crippen MR) is 128 cm³/mol. The molecule has 0 aliphatic heterocycles. The van der Waals surface area contributed by atoms with Gasteiger partial charge in [-0.15, -0.1) is 0 Å². The highest BCUT2D eigenvalue weighted by molar-refractivity contribution is 6.30. The van der Waals surface area contributed by atoms with Crippen molar-refractivity contribution in [2.45, 2.75) is 50.7 Å². The zero-order valence-electron chi connectivity index (χ0n) is 19.1. The lowest BCUT2D eigenvalue weighted by molar-refractivity contribution is -0.904. The predicted octanol–water partition coefficient (Wildman–Crippen LogP) is 5.96. The Labute approximate surface area is 196 Å². The largest absolute Gasteiger partial charge is 0.378 e. The van der Waals surface area contributed by atoms with Gasteiger partial charge in [-0.2, -0.15) is 0 Å². The first kappa shape index (κ1) is 23.0. The van der Waals surface area contributed by atoms with Gasteiger partial charge in [0.1, 0.15) is 17.8 Å². The summed E-state index contributed by atoms with van der Waals surface area (Å²) < 4.78 is 6.54. The molecule has 0 spiro atoms. The summed E-state index contributed by atoms with van der Waals surface area (Å²) in [6, 6.07) is 20.0. The first-order valence-electron chi connectivity index (χ1n) is 11.7. The number of halogens is 1. The van der Waals surface area contributed by atoms with Gasteiger partial charge in [0.2, 0.25) is 0 Å². The van der Waals surface area contributed by atoms with E-state index in [4.69, 9.17) is 16.1 Å². The highest BCUT2D eigenvalue weighted by Gasteiger charge is 2.43. The van der Waals surface area contributed by atoms with Gasteiger partial charge in [-0.3, -0.25) is 0 Å². The number of benzene rings is 2. The molecule has 32 heavy (non-hydrogen) atoms. The average molecular weight is 454 g/mol. The Hall–Kier alpha value is -2.14. The van der Waals surface area contributed by atoms with Gasteiger partial charge in [-0.1, -0.05) is 78.5 Å². The second-order valence-electron chi connectivity index (χ2n) is 9.84. The number of likely N-dealkylation sites (N-methyl/N-ethyl adjacent to an activating group) is 1. The Morgan fingerprint density at radius 3 is 2.50 bits per heavy atom. The van der Waals surface area contributed by atoms with Crippen LogP contribution in [0.2, 0.25) is 5.02 Å². The number of nitrogens with zero attached hydrogens (tertiary/aromatic N) is 2. The van der Waals surface area contributed by atoms with E-state index in [9.17, 15) is 5.11 Å². The van der Waals surface area contributed by atoms with E-state index in [0.29, 0.717) is 12.2 Å². The Morgan fingerprint density at radius 2 is 1.78 bits per heavy atom. The van der Waals surface area contributed by atoms with Gasteiger partial charge in [0, 0.05) is 17.5 Å². The minimum absolute atomic E-state index is 0.155. The van der Waals surface area contributed by atoms with Crippen LogP contribution >= 0.6 is 11.6 Å². The van der Waals surface area contributed by atoms with E-state index >= 15 is 0 Å². The van der Waals surface area contributed by atoms with E-state index in [-0.39, 0.29) is 5.92 Å². The van der Waals surface area contributed by atoms with Crippen molar-refractivity contribution in [3.63, 3.8) is 0 Å². The molecule has 1 atom stereocenters. The van der Waals surface area contributed by atoms with Crippen molar-refractivity contribution in [2.24, 2.45) is 5.92 Å². The third kappa shape index (κ3) is 5.25. The minimum Gasteiger partial charge on any atom is -0.378 e. The molecule has 0 radical (unpaired) electrons. The van der Waals surface area contributed by atoms with E-state index in [2.05, 4.69) is 25.3 Å². The molecule has 1 saturated carbocycles. The highest BCUT2D eigenvalue weighted by Crippen LogP contribution is 2.43. The van der Waals surface area contributed by atoms with Gasteiger partial charge in [-0.05, 0) is 42.0 Å². The van der Waals surface area contributed by atoms with Crippen LogP contribution in [-0.4, -0.2) is 35.4 Å². The molecule has 1 aliphatic carbocycles. The first-order valence-corrected chi connectivity index (χ1v) is 12.0. The summed E-state index contributed by atoms with van der Waals surface area (Å²) in [6.45, 7) is 1.66. The number of aliphatic hydroxyl groups is 1. The average Bonchev–Trinajstić information content (AvgIpc) is 3.27. The molecule has 1 fully saturated rings. The van der Waals surface area contributed by atoms with Crippen LogP contribution in [0.5, 0.6) is 0 Å². The SMILES string of the molecule is C[N+](C)(CCc1cccc(Cl)c1)Cc1cc(C(O)(c2ccccc2)C2CCCCC2)no1. The molecule has 1 aliphatic rings. The second-order valence-corrected chi connectivity index (χ2v) is 10.3. The maximum atomic E-state index is 12.0. The molecule has 2 aromatic carbocycles. The Morgan fingerprint density at radius 1 is 1.03 bits per heavy atom. The normalized spacial score (nSPS) is 17.2. The highest BCUT2D eigenvalue weighted by atomic mass is 35.5. The molecule has 3 aromatic rings. The lowest BCUT2D eigenvalue weighted by atomic mass is 9.71. The topological polar surface area (TPSA) is 46.3 Å². The minimum atomic E-state index is -1.11. The van der Waals surface area contributed by atoms with E-state index in [1.54, 1.807) is 0 Å². The third-order valence-corrected chi connectivity index (χ3v) is 7.07. The van der Waals surface area contributed by atoms with Gasteiger partial charge in [0.15, 0.2) is 5.76 Å². The fourth-order valence-electron chi connectivity index (χ4n) is 5.00. The van der Waals surface area contributed by atoms with Crippen LogP contribution in [0.25, 0.3) is 0 Å². The second kappa shape index (κ2) is 9.78. The summed E-state index contributed by atoms with van der Waals surface area (Å²) in [5.41, 5.74) is 1.67. The van der Waals surface area contributed by atoms with Crippen molar-refractivity contribution < 1.29 is 14.1 Å². The molecule has 0 bridgehead atoms. The molecule has 1 heterocycles. The van der Waals surface area contributed by atoms with Crippen LogP contribution in [-0.2, 0) is 18.6 Å². The van der Waals surface area contributed by atoms with Crippen molar-refractivity contribution in [2.75, 3.05) is 20.6 Å². The Kier molecular flexibility index (Phi) is 7.04. The lowest BCUT2D eigenvalue weighted by Gasteiger charge is -2.37. The number of hydrogen-bond donors (Lipinski definition) is 1. The molecule has 4 rings (SSSR count). The Balaban J connectivity index is 1.52. The van der Waals surface area contributed by atoms with Crippen LogP contribution in [0, 0.1) is 5.92 Å². The number of aromatic nitrogens is 1. The van der Waals surface area contributed by atoms with Gasteiger partial charge in [0.25, 0.3) is 0 Å². The van der Waals surface area contributed by atoms with E-state index < -0.39 is 5.60 Å². The van der Waals surface area contributed by atoms with Crippen LogP contribution in [0.4, 0.5) is 0 Å². The molecule has 5 heteroatoms. The smallest absolute Gasteiger partial charge is 0.191 e. The van der Waals surface area contributed by atoms with Crippen LogP contribution in [0.15, 0.2) is 65.2 Å². The summed E-state index contributed by atoms with van der Waals surface area (Å²) in [4.78, 5) is 0. The zero-order chi connectivity index (χ0) is 22.6. The maximum absolute atomic E-state index is 12.0. The molecule has 1 N–H and O–H groups in total. The van der Waals surface area contributed by atoms with E-state index in [0.717, 1.165) is 59.5 Å². The summed E-state index contributed by atoms with van der Waals surface area (Å²) >= 11 is 6.13. The number of rotatable bonds is 8. The molecule has 1 aromatic heterocycles. The molecule has 0 amide bonds. The van der Waals surface area contributed by atoms with Crippen LogP contribution in [0.3, 0.4) is 0 Å².